The third kappa shape index (κ3) is 3.20. The van der Waals surface area contributed by atoms with Gasteiger partial charge < -0.3 is 9.47 Å². The van der Waals surface area contributed by atoms with Gasteiger partial charge in [-0.25, -0.2) is 0 Å². The molecule has 4 nitrogen and oxygen atoms in total. The lowest BCUT2D eigenvalue weighted by atomic mass is 10.2. The van der Waals surface area contributed by atoms with E-state index in [-0.39, 0.29) is 12.4 Å². The minimum absolute atomic E-state index is 0.170. The molecule has 0 amide bonds. The van der Waals surface area contributed by atoms with Gasteiger partial charge in [0.25, 0.3) is 0 Å². The summed E-state index contributed by atoms with van der Waals surface area (Å²) in [5.74, 6) is 0.341. The summed E-state index contributed by atoms with van der Waals surface area (Å²) in [4.78, 5) is 15.2. The lowest BCUT2D eigenvalue weighted by Gasteiger charge is -2.08. The second-order valence-corrected chi connectivity index (χ2v) is 3.65. The van der Waals surface area contributed by atoms with E-state index in [2.05, 4.69) is 20.9 Å². The zero-order chi connectivity index (χ0) is 11.3. The van der Waals surface area contributed by atoms with Crippen LogP contribution in [0.5, 0.6) is 5.75 Å². The molecule has 1 aromatic heterocycles. The van der Waals surface area contributed by atoms with Gasteiger partial charge in [-0.15, -0.1) is 0 Å². The molecule has 1 rings (SSSR count). The van der Waals surface area contributed by atoms with Gasteiger partial charge in [0.15, 0.2) is 0 Å². The van der Waals surface area contributed by atoms with Crippen molar-refractivity contribution < 1.29 is 14.3 Å². The molecule has 0 aliphatic rings. The second-order valence-electron chi connectivity index (χ2n) is 2.80. The molecule has 1 heterocycles. The van der Waals surface area contributed by atoms with E-state index in [4.69, 9.17) is 9.47 Å². The number of carbonyl (C=O) groups is 1. The van der Waals surface area contributed by atoms with Gasteiger partial charge in [0.1, 0.15) is 5.75 Å². The van der Waals surface area contributed by atoms with E-state index >= 15 is 0 Å². The zero-order valence-electron chi connectivity index (χ0n) is 8.62. The molecule has 0 spiro atoms. The fourth-order valence-electron chi connectivity index (χ4n) is 1.19. The van der Waals surface area contributed by atoms with Crippen LogP contribution in [0.3, 0.4) is 0 Å². The Hall–Kier alpha value is -1.10. The van der Waals surface area contributed by atoms with Gasteiger partial charge in [0.05, 0.1) is 24.6 Å². The zero-order valence-corrected chi connectivity index (χ0v) is 10.2. The van der Waals surface area contributed by atoms with Crippen LogP contribution in [0, 0.1) is 0 Å². The standard InChI is InChI=1S/C10H12BrNO3/c1-3-15-9(13)4-7-5-12-6-8(11)10(7)14-2/h5-6H,3-4H2,1-2H3. The minimum Gasteiger partial charge on any atom is -0.495 e. The van der Waals surface area contributed by atoms with Crippen molar-refractivity contribution in [2.75, 3.05) is 13.7 Å². The number of aromatic nitrogens is 1. The van der Waals surface area contributed by atoms with Gasteiger partial charge >= 0.3 is 5.97 Å². The highest BCUT2D eigenvalue weighted by Gasteiger charge is 2.12. The molecule has 0 fully saturated rings. The van der Waals surface area contributed by atoms with Crippen molar-refractivity contribution in [3.63, 3.8) is 0 Å². The SMILES string of the molecule is CCOC(=O)Cc1cncc(Br)c1OC. The molecule has 15 heavy (non-hydrogen) atoms. The summed E-state index contributed by atoms with van der Waals surface area (Å²) in [5.41, 5.74) is 0.713. The molecule has 0 saturated carbocycles. The minimum atomic E-state index is -0.282. The van der Waals surface area contributed by atoms with Crippen molar-refractivity contribution in [3.8, 4) is 5.75 Å². The summed E-state index contributed by atoms with van der Waals surface area (Å²) >= 11 is 3.30. The highest BCUT2D eigenvalue weighted by molar-refractivity contribution is 9.10. The molecule has 0 unspecified atom stereocenters. The number of rotatable bonds is 4. The van der Waals surface area contributed by atoms with Crippen molar-refractivity contribution in [1.29, 1.82) is 0 Å². The van der Waals surface area contributed by atoms with Gasteiger partial charge in [-0.3, -0.25) is 9.78 Å². The number of halogens is 1. The quantitative estimate of drug-likeness (QED) is 0.787. The molecule has 0 radical (unpaired) electrons. The Labute approximate surface area is 96.7 Å². The highest BCUT2D eigenvalue weighted by Crippen LogP contribution is 2.27. The predicted octanol–water partition coefficient (Wildman–Crippen LogP) is 1.96. The maximum absolute atomic E-state index is 11.3. The Bertz CT molecular complexity index is 355. The van der Waals surface area contributed by atoms with Gasteiger partial charge in [0.2, 0.25) is 0 Å². The van der Waals surface area contributed by atoms with Crippen LogP contribution >= 0.6 is 15.9 Å². The monoisotopic (exact) mass is 273 g/mol. The first-order valence-electron chi connectivity index (χ1n) is 4.51. The molecule has 0 aromatic carbocycles. The summed E-state index contributed by atoms with van der Waals surface area (Å²) in [5, 5.41) is 0. The number of methoxy groups -OCH3 is 1. The molecule has 5 heteroatoms. The fourth-order valence-corrected chi connectivity index (χ4v) is 1.72. The van der Waals surface area contributed by atoms with Crippen molar-refractivity contribution in [2.45, 2.75) is 13.3 Å². The number of pyridine rings is 1. The maximum atomic E-state index is 11.3. The van der Waals surface area contributed by atoms with E-state index in [1.165, 1.54) is 0 Å². The number of ether oxygens (including phenoxy) is 2. The van der Waals surface area contributed by atoms with Crippen molar-refractivity contribution in [3.05, 3.63) is 22.4 Å². The average molecular weight is 274 g/mol. The third-order valence-electron chi connectivity index (χ3n) is 1.77. The van der Waals surface area contributed by atoms with Crippen molar-refractivity contribution in [1.82, 2.24) is 4.98 Å². The number of nitrogens with zero attached hydrogens (tertiary/aromatic N) is 1. The van der Waals surface area contributed by atoms with E-state index in [1.54, 1.807) is 26.4 Å². The number of carbonyl (C=O) groups excluding carboxylic acids is 1. The third-order valence-corrected chi connectivity index (χ3v) is 2.34. The molecule has 0 saturated heterocycles. The van der Waals surface area contributed by atoms with Crippen molar-refractivity contribution >= 4 is 21.9 Å². The number of hydrogen-bond donors (Lipinski definition) is 0. The summed E-state index contributed by atoms with van der Waals surface area (Å²) in [6.45, 7) is 2.15. The molecule has 82 valence electrons. The Morgan fingerprint density at radius 2 is 2.27 bits per heavy atom. The number of esters is 1. The second kappa shape index (κ2) is 5.70. The van der Waals surface area contributed by atoms with Crippen LogP contribution in [0.2, 0.25) is 0 Å². The summed E-state index contributed by atoms with van der Waals surface area (Å²) in [7, 11) is 1.55. The molecule has 0 atom stereocenters. The largest absolute Gasteiger partial charge is 0.495 e. The van der Waals surface area contributed by atoms with Crippen LogP contribution in [0.4, 0.5) is 0 Å². The Morgan fingerprint density at radius 1 is 1.53 bits per heavy atom. The predicted molar refractivity (Wildman–Crippen MR) is 58.8 cm³/mol. The van der Waals surface area contributed by atoms with Crippen LogP contribution in [0.1, 0.15) is 12.5 Å². The topological polar surface area (TPSA) is 48.4 Å². The van der Waals surface area contributed by atoms with Crippen LogP contribution in [0.25, 0.3) is 0 Å². The molecule has 0 N–H and O–H groups in total. The van der Waals surface area contributed by atoms with Crippen LogP contribution < -0.4 is 4.74 Å². The summed E-state index contributed by atoms with van der Waals surface area (Å²) in [6.07, 6.45) is 3.39. The normalized spacial score (nSPS) is 9.80. The number of hydrogen-bond acceptors (Lipinski definition) is 4. The van der Waals surface area contributed by atoms with E-state index in [9.17, 15) is 4.79 Å². The van der Waals surface area contributed by atoms with Crippen molar-refractivity contribution in [2.24, 2.45) is 0 Å². The van der Waals surface area contributed by atoms with Crippen LogP contribution in [-0.4, -0.2) is 24.7 Å². The van der Waals surface area contributed by atoms with Gasteiger partial charge in [-0.05, 0) is 22.9 Å². The molecule has 0 bridgehead atoms. The lowest BCUT2D eigenvalue weighted by Crippen LogP contribution is -2.09. The Morgan fingerprint density at radius 3 is 2.87 bits per heavy atom. The molecule has 0 aliphatic heterocycles. The maximum Gasteiger partial charge on any atom is 0.310 e. The Kier molecular flexibility index (Phi) is 4.55. The van der Waals surface area contributed by atoms with E-state index in [0.717, 1.165) is 4.47 Å². The molecule has 1 aromatic rings. The van der Waals surface area contributed by atoms with Gasteiger partial charge in [-0.2, -0.15) is 0 Å². The first-order chi connectivity index (χ1) is 7.19. The average Bonchev–Trinajstić information content (AvgIpc) is 2.18. The Balaban J connectivity index is 2.84. The first kappa shape index (κ1) is 12.0. The van der Waals surface area contributed by atoms with E-state index in [0.29, 0.717) is 17.9 Å². The van der Waals surface area contributed by atoms with E-state index < -0.39 is 0 Å². The smallest absolute Gasteiger partial charge is 0.310 e. The highest BCUT2D eigenvalue weighted by atomic mass is 79.9. The van der Waals surface area contributed by atoms with Gasteiger partial charge in [0, 0.05) is 18.0 Å². The van der Waals surface area contributed by atoms with Crippen LogP contribution in [0.15, 0.2) is 16.9 Å². The fraction of sp³-hybridized carbons (Fsp3) is 0.400. The molecular weight excluding hydrogens is 262 g/mol. The summed E-state index contributed by atoms with van der Waals surface area (Å²) in [6, 6.07) is 0. The first-order valence-corrected chi connectivity index (χ1v) is 5.30. The van der Waals surface area contributed by atoms with Gasteiger partial charge in [-0.1, -0.05) is 0 Å². The molecule has 0 aliphatic carbocycles. The lowest BCUT2D eigenvalue weighted by molar-refractivity contribution is -0.142. The summed E-state index contributed by atoms with van der Waals surface area (Å²) < 4.78 is 10.7. The van der Waals surface area contributed by atoms with Crippen LogP contribution in [-0.2, 0) is 16.0 Å². The molecular formula is C10H12BrNO3. The van der Waals surface area contributed by atoms with E-state index in [1.807, 2.05) is 0 Å².